The van der Waals surface area contributed by atoms with E-state index in [1.54, 1.807) is 0 Å². The Balaban J connectivity index is 1.77. The first kappa shape index (κ1) is 39.1. The van der Waals surface area contributed by atoms with E-state index in [2.05, 4.69) is 56.3 Å². The molecule has 0 N–H and O–H groups in total. The van der Waals surface area contributed by atoms with E-state index < -0.39 is 12.4 Å². The summed E-state index contributed by atoms with van der Waals surface area (Å²) in [6.07, 6.45) is 8.98. The molecule has 1 fully saturated rings. The fourth-order valence-electron chi connectivity index (χ4n) is 5.00. The van der Waals surface area contributed by atoms with Crippen molar-refractivity contribution < 1.29 is 33.3 Å². The molecule has 8 nitrogen and oxygen atoms in total. The lowest BCUT2D eigenvalue weighted by Gasteiger charge is -2.31. The molecule has 1 unspecified atom stereocenters. The largest absolute Gasteiger partial charge is 0.508 e. The zero-order valence-corrected chi connectivity index (χ0v) is 28.5. The van der Waals surface area contributed by atoms with Crippen LogP contribution in [0.3, 0.4) is 0 Å². The van der Waals surface area contributed by atoms with Gasteiger partial charge in [0, 0.05) is 44.6 Å². The highest BCUT2D eigenvalue weighted by Gasteiger charge is 2.20. The molecule has 255 valence electrons. The van der Waals surface area contributed by atoms with Gasteiger partial charge in [0.05, 0.1) is 26.2 Å². The summed E-state index contributed by atoms with van der Waals surface area (Å²) in [5, 5.41) is 0. The van der Waals surface area contributed by atoms with Crippen LogP contribution in [0.25, 0.3) is 0 Å². The molecule has 0 aliphatic carbocycles. The van der Waals surface area contributed by atoms with E-state index in [1.807, 2.05) is 18.2 Å². The first-order valence-electron chi connectivity index (χ1n) is 17.2. The average molecular weight is 639 g/mol. The number of hydrogen-bond acceptors (Lipinski definition) is 8. The van der Waals surface area contributed by atoms with Crippen LogP contribution in [-0.4, -0.2) is 62.8 Å². The van der Waals surface area contributed by atoms with Crippen molar-refractivity contribution in [2.75, 3.05) is 39.5 Å². The van der Waals surface area contributed by atoms with E-state index in [0.29, 0.717) is 45.0 Å². The lowest BCUT2D eigenvalue weighted by atomic mass is 9.99. The van der Waals surface area contributed by atoms with Crippen molar-refractivity contribution in [1.82, 2.24) is 4.90 Å². The molecule has 1 heterocycles. The summed E-state index contributed by atoms with van der Waals surface area (Å²) in [6.45, 7) is 14.9. The van der Waals surface area contributed by atoms with Crippen LogP contribution in [0.15, 0.2) is 18.2 Å². The molecule has 1 aromatic carbocycles. The van der Waals surface area contributed by atoms with Gasteiger partial charge < -0.3 is 28.6 Å². The third-order valence-corrected chi connectivity index (χ3v) is 7.56. The van der Waals surface area contributed by atoms with Gasteiger partial charge >= 0.3 is 12.1 Å². The van der Waals surface area contributed by atoms with Gasteiger partial charge in [-0.05, 0) is 68.5 Å². The molecular weight excluding hydrogens is 582 g/mol. The van der Waals surface area contributed by atoms with E-state index in [4.69, 9.17) is 23.7 Å². The van der Waals surface area contributed by atoms with Gasteiger partial charge in [-0.3, -0.25) is 4.79 Å². The van der Waals surface area contributed by atoms with E-state index in [-0.39, 0.29) is 25.6 Å². The van der Waals surface area contributed by atoms with E-state index in [1.165, 1.54) is 0 Å². The normalized spacial score (nSPS) is 14.6. The molecule has 1 aliphatic rings. The molecule has 0 aromatic heterocycles. The van der Waals surface area contributed by atoms with Crippen molar-refractivity contribution in [3.63, 3.8) is 0 Å². The van der Waals surface area contributed by atoms with Crippen LogP contribution in [0.5, 0.6) is 0 Å². The van der Waals surface area contributed by atoms with Crippen LogP contribution < -0.4 is 0 Å². The molecule has 8 heteroatoms. The summed E-state index contributed by atoms with van der Waals surface area (Å²) < 4.78 is 28.1. The van der Waals surface area contributed by atoms with Gasteiger partial charge in [-0.15, -0.1) is 23.7 Å². The predicted molar refractivity (Wildman–Crippen MR) is 180 cm³/mol. The number of likely N-dealkylation sites (tertiary alicyclic amines) is 1. The number of esters is 1. The second kappa shape index (κ2) is 25.1. The Morgan fingerprint density at radius 1 is 0.870 bits per heavy atom. The lowest BCUT2D eigenvalue weighted by Crippen LogP contribution is -2.37. The van der Waals surface area contributed by atoms with Crippen molar-refractivity contribution in [3.05, 3.63) is 41.8 Å². The van der Waals surface area contributed by atoms with Gasteiger partial charge in [0.15, 0.2) is 6.29 Å². The van der Waals surface area contributed by atoms with Crippen molar-refractivity contribution in [2.45, 2.75) is 117 Å². The zero-order valence-electron chi connectivity index (χ0n) is 28.5. The van der Waals surface area contributed by atoms with Crippen LogP contribution >= 0.6 is 0 Å². The van der Waals surface area contributed by atoms with Crippen molar-refractivity contribution >= 4 is 12.1 Å². The minimum absolute atomic E-state index is 0.0528. The molecule has 1 saturated heterocycles. The highest BCUT2D eigenvalue weighted by Crippen LogP contribution is 2.17. The molecule has 0 bridgehead atoms. The molecule has 1 radical (unpaired) electrons. The molecule has 1 aromatic rings. The molecule has 0 spiro atoms. The van der Waals surface area contributed by atoms with Crippen molar-refractivity contribution in [2.24, 2.45) is 5.92 Å². The fraction of sp³-hybridized carbons (Fsp3) is 0.658. The Kier molecular flexibility index (Phi) is 21.4. The Hall–Kier alpha value is -3.04. The van der Waals surface area contributed by atoms with Crippen LogP contribution in [0.4, 0.5) is 4.79 Å². The van der Waals surface area contributed by atoms with Gasteiger partial charge in [-0.25, -0.2) is 4.79 Å². The summed E-state index contributed by atoms with van der Waals surface area (Å²) in [4.78, 5) is 27.2. The maximum atomic E-state index is 12.6. The molecule has 1 aliphatic heterocycles. The topological polar surface area (TPSA) is 83.5 Å². The summed E-state index contributed by atoms with van der Waals surface area (Å²) in [5.74, 6) is 12.6. The standard InChI is InChI=1S/C38H56NO7/c1-5-8-10-12-14-16-23-42-37(43-24-17-15-13-11-9-6-2)21-20-36(40)44-30-34-25-32(4)26-35(27-34)31-46-38(41)45-29-33-19-18-22-39(7-3)28-33/h25-27,33,37H,4-11,16-24,28-31H2,1-3H3. The molecule has 1 atom stereocenters. The SMILES string of the molecule is [CH2]c1cc(COC(=O)CCC(OCCC#CCCCC)OCCC#CCCCC)cc(COC(=O)OCC2CCCN(CC)C2)c1. The zero-order chi connectivity index (χ0) is 33.2. The first-order valence-corrected chi connectivity index (χ1v) is 17.2. The average Bonchev–Trinajstić information content (AvgIpc) is 3.06. The number of rotatable bonds is 20. The van der Waals surface area contributed by atoms with Gasteiger partial charge in [0.1, 0.15) is 13.2 Å². The maximum Gasteiger partial charge on any atom is 0.508 e. The number of carbonyl (C=O) groups excluding carboxylic acids is 2. The monoisotopic (exact) mass is 638 g/mol. The number of ether oxygens (including phenoxy) is 5. The Labute approximate surface area is 278 Å². The van der Waals surface area contributed by atoms with E-state index in [9.17, 15) is 9.59 Å². The quantitative estimate of drug-likeness (QED) is 0.0625. The minimum atomic E-state index is -0.679. The highest BCUT2D eigenvalue weighted by molar-refractivity contribution is 5.69. The molecular formula is C38H56NO7. The number of unbranched alkanes of at least 4 members (excludes halogenated alkanes) is 4. The van der Waals surface area contributed by atoms with E-state index >= 15 is 0 Å². The third kappa shape index (κ3) is 18.8. The van der Waals surface area contributed by atoms with E-state index in [0.717, 1.165) is 87.7 Å². The Bertz CT molecular complexity index is 1100. The number of carbonyl (C=O) groups is 2. The Morgan fingerprint density at radius 3 is 2.09 bits per heavy atom. The van der Waals surface area contributed by atoms with Crippen LogP contribution in [0.1, 0.15) is 115 Å². The Morgan fingerprint density at radius 2 is 1.48 bits per heavy atom. The summed E-state index contributed by atoms with van der Waals surface area (Å²) in [5.41, 5.74) is 2.25. The smallest absolute Gasteiger partial charge is 0.461 e. The number of hydrogen-bond donors (Lipinski definition) is 0. The summed E-state index contributed by atoms with van der Waals surface area (Å²) >= 11 is 0. The lowest BCUT2D eigenvalue weighted by molar-refractivity contribution is -0.158. The van der Waals surface area contributed by atoms with Gasteiger partial charge in [0.2, 0.25) is 0 Å². The summed E-state index contributed by atoms with van der Waals surface area (Å²) in [6, 6.07) is 5.52. The number of benzene rings is 1. The minimum Gasteiger partial charge on any atom is -0.461 e. The molecule has 0 saturated carbocycles. The molecule has 46 heavy (non-hydrogen) atoms. The molecule has 0 amide bonds. The van der Waals surface area contributed by atoms with Gasteiger partial charge in [0.25, 0.3) is 0 Å². The second-order valence-electron chi connectivity index (χ2n) is 11.7. The third-order valence-electron chi connectivity index (χ3n) is 7.56. The predicted octanol–water partition coefficient (Wildman–Crippen LogP) is 7.60. The number of nitrogens with zero attached hydrogens (tertiary/aromatic N) is 1. The first-order chi connectivity index (χ1) is 22.4. The fourth-order valence-corrected chi connectivity index (χ4v) is 5.00. The van der Waals surface area contributed by atoms with Gasteiger partial charge in [-0.2, -0.15) is 0 Å². The highest BCUT2D eigenvalue weighted by atomic mass is 16.7. The van der Waals surface area contributed by atoms with Crippen LogP contribution in [-0.2, 0) is 41.7 Å². The molecule has 2 rings (SSSR count). The van der Waals surface area contributed by atoms with Crippen molar-refractivity contribution in [1.29, 1.82) is 0 Å². The van der Waals surface area contributed by atoms with Crippen LogP contribution in [0, 0.1) is 36.5 Å². The second-order valence-corrected chi connectivity index (χ2v) is 11.7. The van der Waals surface area contributed by atoms with Crippen molar-refractivity contribution in [3.8, 4) is 23.7 Å². The maximum absolute atomic E-state index is 12.6. The summed E-state index contributed by atoms with van der Waals surface area (Å²) in [7, 11) is 0. The number of piperidine rings is 1. The van der Waals surface area contributed by atoms with Crippen LogP contribution in [0.2, 0.25) is 0 Å². The van der Waals surface area contributed by atoms with Gasteiger partial charge in [-0.1, -0.05) is 45.7 Å².